The van der Waals surface area contributed by atoms with Gasteiger partial charge in [-0.1, -0.05) is 6.07 Å². The Morgan fingerprint density at radius 3 is 2.89 bits per heavy atom. The molecule has 2 unspecified atom stereocenters. The molecule has 0 fully saturated rings. The van der Waals surface area contributed by atoms with Gasteiger partial charge in [-0.3, -0.25) is 4.21 Å². The molecule has 0 saturated carbocycles. The van der Waals surface area contributed by atoms with Gasteiger partial charge in [0.15, 0.2) is 0 Å². The number of rotatable bonds is 4. The van der Waals surface area contributed by atoms with Crippen LogP contribution in [0.4, 0.5) is 0 Å². The van der Waals surface area contributed by atoms with E-state index < -0.39 is 10.8 Å². The lowest BCUT2D eigenvalue weighted by atomic mass is 10.2. The zero-order valence-electron chi connectivity index (χ0n) is 10.8. The summed E-state index contributed by atoms with van der Waals surface area (Å²) in [4.78, 5) is 4.44. The fourth-order valence-corrected chi connectivity index (χ4v) is 3.27. The van der Waals surface area contributed by atoms with Gasteiger partial charge in [-0.2, -0.15) is 5.26 Å². The Bertz CT molecular complexity index is 674. The van der Waals surface area contributed by atoms with Gasteiger partial charge in [-0.05, 0) is 19.1 Å². The molecule has 0 radical (unpaired) electrons. The minimum Gasteiger partial charge on any atom is -0.323 e. The number of hydrogen-bond donors (Lipinski definition) is 0. The highest BCUT2D eigenvalue weighted by Gasteiger charge is 2.17. The standard InChI is InChI=1S/C13H14ClN3OS/c1-9(8-19(2)18)17-11-5-3-4-10(7-15)13(11)16-12(17)6-14/h3-5,9H,6,8H2,1-2H3. The van der Waals surface area contributed by atoms with E-state index in [0.29, 0.717) is 22.7 Å². The lowest BCUT2D eigenvalue weighted by molar-refractivity contribution is 0.594. The maximum Gasteiger partial charge on any atom is 0.125 e. The van der Waals surface area contributed by atoms with E-state index in [1.54, 1.807) is 12.3 Å². The molecular weight excluding hydrogens is 282 g/mol. The van der Waals surface area contributed by atoms with E-state index in [0.717, 1.165) is 5.52 Å². The number of imidazole rings is 1. The fraction of sp³-hybridized carbons (Fsp3) is 0.385. The van der Waals surface area contributed by atoms with Gasteiger partial charge in [-0.25, -0.2) is 4.98 Å². The van der Waals surface area contributed by atoms with Crippen molar-refractivity contribution in [1.29, 1.82) is 5.26 Å². The summed E-state index contributed by atoms with van der Waals surface area (Å²) in [6.45, 7) is 1.98. The number of para-hydroxylation sites is 1. The number of nitriles is 1. The van der Waals surface area contributed by atoms with Crippen LogP contribution in [0.5, 0.6) is 0 Å². The maximum atomic E-state index is 11.4. The SMILES string of the molecule is CC(CS(C)=O)n1c(CCl)nc2c(C#N)cccc21. The van der Waals surface area contributed by atoms with Crippen molar-refractivity contribution in [1.82, 2.24) is 9.55 Å². The zero-order chi connectivity index (χ0) is 14.0. The first-order chi connectivity index (χ1) is 9.08. The van der Waals surface area contributed by atoms with Crippen LogP contribution in [0.2, 0.25) is 0 Å². The van der Waals surface area contributed by atoms with Gasteiger partial charge < -0.3 is 4.57 Å². The van der Waals surface area contributed by atoms with Gasteiger partial charge in [-0.15, -0.1) is 11.6 Å². The molecule has 0 spiro atoms. The van der Waals surface area contributed by atoms with E-state index in [1.165, 1.54) is 0 Å². The molecule has 100 valence electrons. The van der Waals surface area contributed by atoms with Gasteiger partial charge in [0.2, 0.25) is 0 Å². The average molecular weight is 296 g/mol. The van der Waals surface area contributed by atoms with Crippen LogP contribution in [0, 0.1) is 11.3 Å². The van der Waals surface area contributed by atoms with Crippen molar-refractivity contribution >= 4 is 33.4 Å². The third-order valence-corrected chi connectivity index (χ3v) is 4.14. The van der Waals surface area contributed by atoms with Crippen LogP contribution in [-0.4, -0.2) is 25.8 Å². The molecular formula is C13H14ClN3OS. The van der Waals surface area contributed by atoms with Crippen molar-refractivity contribution in [3.05, 3.63) is 29.6 Å². The first-order valence-corrected chi connectivity index (χ1v) is 8.10. The summed E-state index contributed by atoms with van der Waals surface area (Å²) < 4.78 is 13.4. The lowest BCUT2D eigenvalue weighted by Crippen LogP contribution is -2.15. The summed E-state index contributed by atoms with van der Waals surface area (Å²) in [6, 6.07) is 7.64. The van der Waals surface area contributed by atoms with Crippen LogP contribution in [0.3, 0.4) is 0 Å². The Morgan fingerprint density at radius 2 is 2.32 bits per heavy atom. The molecule has 6 heteroatoms. The molecule has 0 aliphatic heterocycles. The predicted molar refractivity (Wildman–Crippen MR) is 77.6 cm³/mol. The second-order valence-corrected chi connectivity index (χ2v) is 6.15. The molecule has 0 amide bonds. The number of nitrogens with zero attached hydrogens (tertiary/aromatic N) is 3. The van der Waals surface area contributed by atoms with Crippen LogP contribution in [0.25, 0.3) is 11.0 Å². The Hall–Kier alpha value is -1.38. The summed E-state index contributed by atoms with van der Waals surface area (Å²) in [5, 5.41) is 9.11. The molecule has 4 nitrogen and oxygen atoms in total. The molecule has 0 N–H and O–H groups in total. The van der Waals surface area contributed by atoms with Gasteiger partial charge in [0.25, 0.3) is 0 Å². The minimum atomic E-state index is -0.897. The van der Waals surface area contributed by atoms with Crippen molar-refractivity contribution in [2.45, 2.75) is 18.8 Å². The van der Waals surface area contributed by atoms with E-state index in [2.05, 4.69) is 11.1 Å². The topological polar surface area (TPSA) is 58.7 Å². The van der Waals surface area contributed by atoms with E-state index in [1.807, 2.05) is 23.6 Å². The molecule has 1 aromatic heterocycles. The van der Waals surface area contributed by atoms with Crippen LogP contribution >= 0.6 is 11.6 Å². The van der Waals surface area contributed by atoms with Crippen molar-refractivity contribution < 1.29 is 4.21 Å². The Balaban J connectivity index is 2.65. The monoisotopic (exact) mass is 295 g/mol. The predicted octanol–water partition coefficient (Wildman–Crippen LogP) is 2.59. The smallest absolute Gasteiger partial charge is 0.125 e. The van der Waals surface area contributed by atoms with Crippen molar-refractivity contribution in [3.63, 3.8) is 0 Å². The second-order valence-electron chi connectivity index (χ2n) is 4.41. The quantitative estimate of drug-likeness (QED) is 0.815. The fourth-order valence-electron chi connectivity index (χ4n) is 2.26. The number of benzene rings is 1. The van der Waals surface area contributed by atoms with Crippen LogP contribution in [0.15, 0.2) is 18.2 Å². The summed E-state index contributed by atoms with van der Waals surface area (Å²) in [5.41, 5.74) is 2.06. The van der Waals surface area contributed by atoms with Crippen LogP contribution < -0.4 is 0 Å². The van der Waals surface area contributed by atoms with Gasteiger partial charge in [0, 0.05) is 28.9 Å². The normalized spacial score (nSPS) is 14.2. The Labute approximate surface area is 119 Å². The molecule has 2 rings (SSSR count). The van der Waals surface area contributed by atoms with Crippen molar-refractivity contribution in [3.8, 4) is 6.07 Å². The van der Waals surface area contributed by atoms with E-state index in [4.69, 9.17) is 16.9 Å². The lowest BCUT2D eigenvalue weighted by Gasteiger charge is -2.15. The number of aromatic nitrogens is 2. The van der Waals surface area contributed by atoms with E-state index in [9.17, 15) is 4.21 Å². The summed E-state index contributed by atoms with van der Waals surface area (Å²) in [7, 11) is -0.897. The molecule has 19 heavy (non-hydrogen) atoms. The third kappa shape index (κ3) is 2.65. The maximum absolute atomic E-state index is 11.4. The molecule has 2 atom stereocenters. The molecule has 1 heterocycles. The molecule has 1 aromatic carbocycles. The van der Waals surface area contributed by atoms with E-state index >= 15 is 0 Å². The average Bonchev–Trinajstić information content (AvgIpc) is 2.75. The largest absolute Gasteiger partial charge is 0.323 e. The number of halogens is 1. The first-order valence-electron chi connectivity index (χ1n) is 5.84. The third-order valence-electron chi connectivity index (χ3n) is 2.95. The number of alkyl halides is 1. The molecule has 0 bridgehead atoms. The molecule has 2 aromatic rings. The summed E-state index contributed by atoms with van der Waals surface area (Å²) in [6.07, 6.45) is 1.68. The number of hydrogen-bond acceptors (Lipinski definition) is 3. The van der Waals surface area contributed by atoms with Gasteiger partial charge in [0.05, 0.1) is 17.0 Å². The van der Waals surface area contributed by atoms with E-state index in [-0.39, 0.29) is 11.9 Å². The minimum absolute atomic E-state index is 0.0264. The molecule has 0 aliphatic carbocycles. The van der Waals surface area contributed by atoms with Crippen LogP contribution in [0.1, 0.15) is 24.4 Å². The first kappa shape index (κ1) is 14.0. The Kier molecular flexibility index (Phi) is 4.23. The van der Waals surface area contributed by atoms with Gasteiger partial charge >= 0.3 is 0 Å². The summed E-state index contributed by atoms with van der Waals surface area (Å²) >= 11 is 5.94. The highest BCUT2D eigenvalue weighted by atomic mass is 35.5. The summed E-state index contributed by atoms with van der Waals surface area (Å²) in [5.74, 6) is 1.50. The Morgan fingerprint density at radius 1 is 1.58 bits per heavy atom. The van der Waals surface area contributed by atoms with Crippen molar-refractivity contribution in [2.75, 3.05) is 12.0 Å². The second kappa shape index (κ2) is 5.72. The number of fused-ring (bicyclic) bond motifs is 1. The highest BCUT2D eigenvalue weighted by molar-refractivity contribution is 7.84. The van der Waals surface area contributed by atoms with Gasteiger partial charge in [0.1, 0.15) is 17.4 Å². The highest BCUT2D eigenvalue weighted by Crippen LogP contribution is 2.25. The zero-order valence-corrected chi connectivity index (χ0v) is 12.3. The molecule has 0 aliphatic rings. The van der Waals surface area contributed by atoms with Crippen LogP contribution in [-0.2, 0) is 16.7 Å². The van der Waals surface area contributed by atoms with Crippen molar-refractivity contribution in [2.24, 2.45) is 0 Å². The molecule has 0 saturated heterocycles.